The molecule has 0 heterocycles. The predicted molar refractivity (Wildman–Crippen MR) is 75.8 cm³/mol. The van der Waals surface area contributed by atoms with Crippen molar-refractivity contribution in [1.82, 2.24) is 4.90 Å². The molecule has 110 valence electrons. The van der Waals surface area contributed by atoms with Crippen LogP contribution in [-0.4, -0.2) is 41.1 Å². The zero-order valence-electron chi connectivity index (χ0n) is 12.3. The van der Waals surface area contributed by atoms with Gasteiger partial charge in [0.05, 0.1) is 13.5 Å². The summed E-state index contributed by atoms with van der Waals surface area (Å²) in [7, 11) is 1.56. The summed E-state index contributed by atoms with van der Waals surface area (Å²) in [6, 6.07) is 7.20. The molecule has 1 aromatic carbocycles. The van der Waals surface area contributed by atoms with E-state index in [9.17, 15) is 9.59 Å². The first-order valence-corrected chi connectivity index (χ1v) is 6.39. The fourth-order valence-corrected chi connectivity index (χ4v) is 1.89. The van der Waals surface area contributed by atoms with E-state index in [0.29, 0.717) is 5.75 Å². The van der Waals surface area contributed by atoms with Crippen molar-refractivity contribution in [3.63, 3.8) is 0 Å². The maximum absolute atomic E-state index is 12.3. The second-order valence-electron chi connectivity index (χ2n) is 5.57. The fourth-order valence-electron chi connectivity index (χ4n) is 1.89. The van der Waals surface area contributed by atoms with Crippen LogP contribution in [0.15, 0.2) is 24.3 Å². The molecule has 0 unspecified atom stereocenters. The number of carbonyl (C=O) groups is 2. The summed E-state index contributed by atoms with van der Waals surface area (Å²) < 4.78 is 5.11. The molecule has 1 aromatic rings. The molecule has 1 N–H and O–H groups in total. The lowest BCUT2D eigenvalue weighted by atomic mass is 10.0. The molecule has 0 spiro atoms. The van der Waals surface area contributed by atoms with Crippen molar-refractivity contribution in [2.45, 2.75) is 32.7 Å². The summed E-state index contributed by atoms with van der Waals surface area (Å²) in [5.41, 5.74) is 0.267. The first-order valence-electron chi connectivity index (χ1n) is 6.39. The zero-order valence-corrected chi connectivity index (χ0v) is 12.3. The largest absolute Gasteiger partial charge is 0.497 e. The third-order valence-electron chi connectivity index (χ3n) is 2.89. The Kier molecular flexibility index (Phi) is 5.13. The molecule has 1 amide bonds. The van der Waals surface area contributed by atoms with Gasteiger partial charge in [-0.25, -0.2) is 0 Å². The minimum atomic E-state index is -1.01. The number of aliphatic carboxylic acids is 1. The van der Waals surface area contributed by atoms with Gasteiger partial charge in [0.15, 0.2) is 0 Å². The Bertz CT molecular complexity index is 491. The van der Waals surface area contributed by atoms with Crippen LogP contribution in [-0.2, 0) is 16.0 Å². The summed E-state index contributed by atoms with van der Waals surface area (Å²) >= 11 is 0. The van der Waals surface area contributed by atoms with E-state index in [-0.39, 0.29) is 18.9 Å². The highest BCUT2D eigenvalue weighted by Gasteiger charge is 2.28. The smallest absolute Gasteiger partial charge is 0.323 e. The van der Waals surface area contributed by atoms with Gasteiger partial charge in [-0.3, -0.25) is 9.59 Å². The Morgan fingerprint density at radius 3 is 2.45 bits per heavy atom. The van der Waals surface area contributed by atoms with Gasteiger partial charge >= 0.3 is 5.97 Å². The van der Waals surface area contributed by atoms with Crippen molar-refractivity contribution >= 4 is 11.9 Å². The molecule has 0 aliphatic heterocycles. The van der Waals surface area contributed by atoms with E-state index >= 15 is 0 Å². The summed E-state index contributed by atoms with van der Waals surface area (Å²) in [5.74, 6) is -0.553. The molecular formula is C15H21NO4. The highest BCUT2D eigenvalue weighted by atomic mass is 16.5. The Hall–Kier alpha value is -2.04. The molecule has 0 fully saturated rings. The van der Waals surface area contributed by atoms with E-state index in [4.69, 9.17) is 9.84 Å². The molecule has 0 saturated carbocycles. The average Bonchev–Trinajstić information content (AvgIpc) is 2.34. The van der Waals surface area contributed by atoms with Crippen LogP contribution in [0.5, 0.6) is 5.75 Å². The van der Waals surface area contributed by atoms with Crippen LogP contribution >= 0.6 is 0 Å². The van der Waals surface area contributed by atoms with Crippen LogP contribution in [0.25, 0.3) is 0 Å². The molecule has 0 aliphatic carbocycles. The third kappa shape index (κ3) is 4.57. The average molecular weight is 279 g/mol. The van der Waals surface area contributed by atoms with Gasteiger partial charge in [-0.1, -0.05) is 12.1 Å². The maximum Gasteiger partial charge on any atom is 0.323 e. The van der Waals surface area contributed by atoms with Crippen LogP contribution in [0.3, 0.4) is 0 Å². The van der Waals surface area contributed by atoms with Crippen molar-refractivity contribution in [2.75, 3.05) is 13.7 Å². The topological polar surface area (TPSA) is 66.8 Å². The van der Waals surface area contributed by atoms with E-state index in [1.807, 2.05) is 26.8 Å². The second kappa shape index (κ2) is 6.41. The molecule has 20 heavy (non-hydrogen) atoms. The van der Waals surface area contributed by atoms with Gasteiger partial charge in [0, 0.05) is 5.54 Å². The van der Waals surface area contributed by atoms with Crippen molar-refractivity contribution in [3.05, 3.63) is 29.8 Å². The Labute approximate surface area is 119 Å². The summed E-state index contributed by atoms with van der Waals surface area (Å²) in [5, 5.41) is 8.93. The summed E-state index contributed by atoms with van der Waals surface area (Å²) in [6.45, 7) is 5.16. The first kappa shape index (κ1) is 16.0. The normalized spacial score (nSPS) is 11.0. The van der Waals surface area contributed by atoms with Gasteiger partial charge in [-0.2, -0.15) is 0 Å². The van der Waals surface area contributed by atoms with Crippen LogP contribution < -0.4 is 4.74 Å². The number of hydrogen-bond donors (Lipinski definition) is 1. The molecule has 1 rings (SSSR count). The number of carboxylic acids is 1. The number of benzene rings is 1. The maximum atomic E-state index is 12.3. The molecule has 0 aromatic heterocycles. The summed E-state index contributed by atoms with van der Waals surface area (Å²) in [6.07, 6.45) is 0.155. The number of amides is 1. The van der Waals surface area contributed by atoms with Gasteiger partial charge in [0.1, 0.15) is 12.3 Å². The standard InChI is InChI=1S/C15H21NO4/c1-15(2,3)16(10-14(18)19)13(17)9-11-6-5-7-12(8-11)20-4/h5-8H,9-10H2,1-4H3,(H,18,19). The van der Waals surface area contributed by atoms with Gasteiger partial charge < -0.3 is 14.7 Å². The van der Waals surface area contributed by atoms with Crippen LogP contribution in [0.4, 0.5) is 0 Å². The lowest BCUT2D eigenvalue weighted by Crippen LogP contribution is -2.48. The zero-order chi connectivity index (χ0) is 15.3. The number of ether oxygens (including phenoxy) is 1. The second-order valence-corrected chi connectivity index (χ2v) is 5.57. The molecule has 5 heteroatoms. The van der Waals surface area contributed by atoms with Crippen molar-refractivity contribution in [3.8, 4) is 5.75 Å². The van der Waals surface area contributed by atoms with Crippen LogP contribution in [0.2, 0.25) is 0 Å². The SMILES string of the molecule is COc1cccc(CC(=O)N(CC(=O)O)C(C)(C)C)c1. The van der Waals surface area contributed by atoms with E-state index in [2.05, 4.69) is 0 Å². The minimum absolute atomic E-state index is 0.155. The molecule has 0 bridgehead atoms. The first-order chi connectivity index (χ1) is 9.24. The van der Waals surface area contributed by atoms with E-state index in [0.717, 1.165) is 5.56 Å². The number of methoxy groups -OCH3 is 1. The van der Waals surface area contributed by atoms with E-state index in [1.54, 1.807) is 25.3 Å². The fraction of sp³-hybridized carbons (Fsp3) is 0.467. The third-order valence-corrected chi connectivity index (χ3v) is 2.89. The van der Waals surface area contributed by atoms with Crippen molar-refractivity contribution in [1.29, 1.82) is 0 Å². The number of hydrogen-bond acceptors (Lipinski definition) is 3. The van der Waals surface area contributed by atoms with Gasteiger partial charge in [-0.15, -0.1) is 0 Å². The van der Waals surface area contributed by atoms with Crippen molar-refractivity contribution < 1.29 is 19.4 Å². The molecule has 0 radical (unpaired) electrons. The Morgan fingerprint density at radius 2 is 1.95 bits per heavy atom. The molecule has 0 atom stereocenters. The number of carboxylic acid groups (broad SMARTS) is 1. The molecular weight excluding hydrogens is 258 g/mol. The van der Waals surface area contributed by atoms with Gasteiger partial charge in [0.2, 0.25) is 5.91 Å². The van der Waals surface area contributed by atoms with Gasteiger partial charge in [0.25, 0.3) is 0 Å². The Morgan fingerprint density at radius 1 is 1.30 bits per heavy atom. The number of rotatable bonds is 5. The lowest BCUT2D eigenvalue weighted by Gasteiger charge is -2.34. The Balaban J connectivity index is 2.87. The number of nitrogens with zero attached hydrogens (tertiary/aromatic N) is 1. The minimum Gasteiger partial charge on any atom is -0.497 e. The van der Waals surface area contributed by atoms with Crippen molar-refractivity contribution in [2.24, 2.45) is 0 Å². The monoisotopic (exact) mass is 279 g/mol. The van der Waals surface area contributed by atoms with Gasteiger partial charge in [-0.05, 0) is 38.5 Å². The lowest BCUT2D eigenvalue weighted by molar-refractivity contribution is -0.147. The van der Waals surface area contributed by atoms with E-state index in [1.165, 1.54) is 4.90 Å². The van der Waals surface area contributed by atoms with E-state index < -0.39 is 11.5 Å². The van der Waals surface area contributed by atoms with Crippen LogP contribution in [0, 0.1) is 0 Å². The molecule has 5 nitrogen and oxygen atoms in total. The number of carbonyl (C=O) groups excluding carboxylic acids is 1. The molecule has 0 aliphatic rings. The summed E-state index contributed by atoms with van der Waals surface area (Å²) in [4.78, 5) is 24.6. The molecule has 0 saturated heterocycles. The highest BCUT2D eigenvalue weighted by Crippen LogP contribution is 2.17. The quantitative estimate of drug-likeness (QED) is 0.894. The highest BCUT2D eigenvalue weighted by molar-refractivity contribution is 5.83. The van der Waals surface area contributed by atoms with Crippen LogP contribution in [0.1, 0.15) is 26.3 Å². The predicted octanol–water partition coefficient (Wildman–Crippen LogP) is 1.95.